The second kappa shape index (κ2) is 7.51. The summed E-state index contributed by atoms with van der Waals surface area (Å²) in [4.78, 5) is 16.8. The number of carbonyl (C=O) groups is 1. The molecule has 30 heavy (non-hydrogen) atoms. The van der Waals surface area contributed by atoms with Gasteiger partial charge in [0.15, 0.2) is 5.82 Å². The van der Waals surface area contributed by atoms with Gasteiger partial charge < -0.3 is 20.5 Å². The van der Waals surface area contributed by atoms with Crippen LogP contribution in [0.2, 0.25) is 0 Å². The molecule has 3 aromatic rings. The monoisotopic (exact) mass is 409 g/mol. The van der Waals surface area contributed by atoms with Crippen molar-refractivity contribution in [3.8, 4) is 22.9 Å². The van der Waals surface area contributed by atoms with E-state index >= 15 is 0 Å². The van der Waals surface area contributed by atoms with Crippen molar-refractivity contribution in [1.82, 2.24) is 14.8 Å². The number of nitrogens with two attached hydrogens (primary N) is 1. The Bertz CT molecular complexity index is 1130. The molecule has 1 amide bonds. The van der Waals surface area contributed by atoms with Crippen molar-refractivity contribution in [2.24, 2.45) is 5.73 Å². The van der Waals surface area contributed by atoms with Crippen LogP contribution in [-0.4, -0.2) is 34.9 Å². The molecule has 4 rings (SSSR count). The predicted molar refractivity (Wildman–Crippen MR) is 109 cm³/mol. The highest BCUT2D eigenvalue weighted by molar-refractivity contribution is 5.95. The SMILES string of the molecule is COc1cc(OC)cc(-c2nc3n(n2)C(c2ccc(F)cc2)C(C(N)=O)=C(C)N3)c1. The van der Waals surface area contributed by atoms with Gasteiger partial charge in [-0.2, -0.15) is 4.98 Å². The quantitative estimate of drug-likeness (QED) is 0.672. The average Bonchev–Trinajstić information content (AvgIpc) is 3.16. The number of allylic oxidation sites excluding steroid dienone is 1. The van der Waals surface area contributed by atoms with E-state index in [1.165, 1.54) is 12.1 Å². The minimum Gasteiger partial charge on any atom is -0.497 e. The lowest BCUT2D eigenvalue weighted by atomic mass is 9.95. The van der Waals surface area contributed by atoms with Gasteiger partial charge in [0.1, 0.15) is 23.4 Å². The Morgan fingerprint density at radius 1 is 1.13 bits per heavy atom. The van der Waals surface area contributed by atoms with Crippen molar-refractivity contribution in [2.45, 2.75) is 13.0 Å². The summed E-state index contributed by atoms with van der Waals surface area (Å²) in [6.07, 6.45) is 0. The third kappa shape index (κ3) is 3.34. The van der Waals surface area contributed by atoms with Gasteiger partial charge in [0, 0.05) is 17.3 Å². The number of halogens is 1. The summed E-state index contributed by atoms with van der Waals surface area (Å²) >= 11 is 0. The maximum Gasteiger partial charge on any atom is 0.248 e. The van der Waals surface area contributed by atoms with Gasteiger partial charge in [0.05, 0.1) is 19.8 Å². The molecule has 0 spiro atoms. The molecular weight excluding hydrogens is 389 g/mol. The fourth-order valence-electron chi connectivity index (χ4n) is 3.48. The fraction of sp³-hybridized carbons (Fsp3) is 0.190. The van der Waals surface area contributed by atoms with Gasteiger partial charge in [0.2, 0.25) is 11.9 Å². The number of amides is 1. The number of anilines is 1. The number of ether oxygens (including phenoxy) is 2. The first-order chi connectivity index (χ1) is 14.4. The van der Waals surface area contributed by atoms with Gasteiger partial charge in [-0.05, 0) is 36.8 Å². The average molecular weight is 409 g/mol. The van der Waals surface area contributed by atoms with E-state index in [4.69, 9.17) is 15.2 Å². The van der Waals surface area contributed by atoms with E-state index in [0.29, 0.717) is 45.7 Å². The lowest BCUT2D eigenvalue weighted by molar-refractivity contribution is -0.115. The highest BCUT2D eigenvalue weighted by Gasteiger charge is 2.33. The first kappa shape index (κ1) is 19.4. The lowest BCUT2D eigenvalue weighted by Crippen LogP contribution is -2.31. The number of hydrogen-bond acceptors (Lipinski definition) is 6. The molecule has 2 aromatic carbocycles. The molecule has 3 N–H and O–H groups in total. The minimum absolute atomic E-state index is 0.328. The van der Waals surface area contributed by atoms with E-state index in [0.717, 1.165) is 0 Å². The maximum atomic E-state index is 13.5. The number of methoxy groups -OCH3 is 2. The van der Waals surface area contributed by atoms with Gasteiger partial charge in [-0.1, -0.05) is 12.1 Å². The lowest BCUT2D eigenvalue weighted by Gasteiger charge is -2.27. The van der Waals surface area contributed by atoms with E-state index in [1.807, 2.05) is 0 Å². The summed E-state index contributed by atoms with van der Waals surface area (Å²) in [6.45, 7) is 1.74. The van der Waals surface area contributed by atoms with E-state index in [2.05, 4.69) is 15.4 Å². The highest BCUT2D eigenvalue weighted by atomic mass is 19.1. The van der Waals surface area contributed by atoms with Crippen LogP contribution in [0.5, 0.6) is 11.5 Å². The second-order valence-corrected chi connectivity index (χ2v) is 6.79. The molecule has 1 aliphatic rings. The number of hydrogen-bond donors (Lipinski definition) is 2. The van der Waals surface area contributed by atoms with Crippen LogP contribution in [0.25, 0.3) is 11.4 Å². The van der Waals surface area contributed by atoms with Crippen LogP contribution in [0.4, 0.5) is 10.3 Å². The molecule has 9 heteroatoms. The summed E-state index contributed by atoms with van der Waals surface area (Å²) in [7, 11) is 3.12. The number of fused-ring (bicyclic) bond motifs is 1. The molecule has 1 aliphatic heterocycles. The second-order valence-electron chi connectivity index (χ2n) is 6.79. The number of rotatable bonds is 5. The normalized spacial score (nSPS) is 15.4. The fourth-order valence-corrected chi connectivity index (χ4v) is 3.48. The number of nitrogens with zero attached hydrogens (tertiary/aromatic N) is 3. The van der Waals surface area contributed by atoms with Gasteiger partial charge >= 0.3 is 0 Å². The Labute approximate surface area is 172 Å². The van der Waals surface area contributed by atoms with Crippen LogP contribution in [-0.2, 0) is 4.79 Å². The van der Waals surface area contributed by atoms with Gasteiger partial charge in [-0.15, -0.1) is 5.10 Å². The largest absolute Gasteiger partial charge is 0.497 e. The van der Waals surface area contributed by atoms with E-state index in [1.54, 1.807) is 56.2 Å². The van der Waals surface area contributed by atoms with Crippen molar-refractivity contribution in [1.29, 1.82) is 0 Å². The van der Waals surface area contributed by atoms with Crippen LogP contribution >= 0.6 is 0 Å². The van der Waals surface area contributed by atoms with E-state index in [-0.39, 0.29) is 5.82 Å². The topological polar surface area (TPSA) is 104 Å². The van der Waals surface area contributed by atoms with Crippen LogP contribution in [0.3, 0.4) is 0 Å². The zero-order chi connectivity index (χ0) is 21.4. The molecule has 154 valence electrons. The van der Waals surface area contributed by atoms with Gasteiger partial charge in [-0.3, -0.25) is 4.79 Å². The Morgan fingerprint density at radius 3 is 2.33 bits per heavy atom. The number of nitrogens with one attached hydrogen (secondary N) is 1. The van der Waals surface area contributed by atoms with Gasteiger partial charge in [0.25, 0.3) is 0 Å². The first-order valence-corrected chi connectivity index (χ1v) is 9.14. The van der Waals surface area contributed by atoms with Crippen molar-refractivity contribution in [2.75, 3.05) is 19.5 Å². The maximum absolute atomic E-state index is 13.5. The van der Waals surface area contributed by atoms with Crippen molar-refractivity contribution >= 4 is 11.9 Å². The zero-order valence-electron chi connectivity index (χ0n) is 16.6. The Balaban J connectivity index is 1.87. The summed E-state index contributed by atoms with van der Waals surface area (Å²) in [5.74, 6) is 1.04. The molecule has 1 unspecified atom stereocenters. The molecular formula is C21H20FN5O3. The van der Waals surface area contributed by atoms with Gasteiger partial charge in [-0.25, -0.2) is 9.07 Å². The Morgan fingerprint density at radius 2 is 1.77 bits per heavy atom. The third-order valence-electron chi connectivity index (χ3n) is 4.91. The van der Waals surface area contributed by atoms with Crippen molar-refractivity contribution < 1.29 is 18.7 Å². The summed E-state index contributed by atoms with van der Waals surface area (Å²) in [5.41, 5.74) is 7.88. The van der Waals surface area contributed by atoms with Crippen molar-refractivity contribution in [3.63, 3.8) is 0 Å². The Hall–Kier alpha value is -3.88. The van der Waals surface area contributed by atoms with Crippen LogP contribution in [0.15, 0.2) is 53.7 Å². The molecule has 2 heterocycles. The summed E-state index contributed by atoms with van der Waals surface area (Å²) < 4.78 is 25.7. The first-order valence-electron chi connectivity index (χ1n) is 9.14. The van der Waals surface area contributed by atoms with E-state index in [9.17, 15) is 9.18 Å². The summed E-state index contributed by atoms with van der Waals surface area (Å²) in [6, 6.07) is 10.5. The zero-order valence-corrected chi connectivity index (χ0v) is 16.6. The van der Waals surface area contributed by atoms with Crippen LogP contribution in [0, 0.1) is 5.82 Å². The molecule has 0 fully saturated rings. The standard InChI is InChI=1S/C21H20FN5O3/c1-11-17(19(23)28)18(12-4-6-14(22)7-5-12)27-21(24-11)25-20(26-27)13-8-15(29-2)10-16(9-13)30-3/h4-10,18H,1-3H3,(H2,23,28)(H,24,25,26). The molecule has 1 aromatic heterocycles. The molecule has 8 nitrogen and oxygen atoms in total. The predicted octanol–water partition coefficient (Wildman–Crippen LogP) is 2.88. The smallest absolute Gasteiger partial charge is 0.248 e. The van der Waals surface area contributed by atoms with Crippen molar-refractivity contribution in [3.05, 3.63) is 65.1 Å². The minimum atomic E-state index is -0.645. The number of benzene rings is 2. The molecule has 0 radical (unpaired) electrons. The Kier molecular flexibility index (Phi) is 4.86. The molecule has 0 saturated heterocycles. The number of primary amides is 1. The third-order valence-corrected chi connectivity index (χ3v) is 4.91. The highest BCUT2D eigenvalue weighted by Crippen LogP contribution is 2.37. The summed E-state index contributed by atoms with van der Waals surface area (Å²) in [5, 5.41) is 7.70. The molecule has 0 aliphatic carbocycles. The molecule has 0 bridgehead atoms. The van der Waals surface area contributed by atoms with Crippen LogP contribution < -0.4 is 20.5 Å². The molecule has 1 atom stereocenters. The van der Waals surface area contributed by atoms with Crippen LogP contribution in [0.1, 0.15) is 18.5 Å². The number of carbonyl (C=O) groups excluding carboxylic acids is 1. The van der Waals surface area contributed by atoms with E-state index < -0.39 is 11.9 Å². The number of aromatic nitrogens is 3. The molecule has 0 saturated carbocycles.